The van der Waals surface area contributed by atoms with Crippen molar-refractivity contribution in [1.82, 2.24) is 0 Å². The van der Waals surface area contributed by atoms with Crippen LogP contribution in [0.1, 0.15) is 290 Å². The van der Waals surface area contributed by atoms with Gasteiger partial charge in [0.05, 0.1) is 19.8 Å². The third kappa shape index (κ3) is 54.2. The monoisotopic (exact) mass is 1060 g/mol. The fourth-order valence-corrected chi connectivity index (χ4v) is 9.39. The van der Waals surface area contributed by atoms with Crippen molar-refractivity contribution < 1.29 is 52.2 Å². The molecular weight excluding hydrogens is 952 g/mol. The number of carbonyl (C=O) groups is 3. The fraction of sp³-hybridized carbons (Fsp3) is 0.823. The highest BCUT2D eigenvalue weighted by Crippen LogP contribution is 2.43. The number of unbranched alkanes of at least 4 members (excludes halogenated alkanes) is 32. The Balaban J connectivity index is 4.68. The van der Waals surface area contributed by atoms with E-state index in [0.717, 1.165) is 89.9 Å². The second-order valence-electron chi connectivity index (χ2n) is 20.5. The van der Waals surface area contributed by atoms with Crippen molar-refractivity contribution in [2.24, 2.45) is 0 Å². The number of phosphoric ester groups is 1. The molecule has 0 spiro atoms. The Kier molecular flexibility index (Phi) is 54.7. The molecule has 3 unspecified atom stereocenters. The molecule has 12 heteroatoms. The molecule has 2 N–H and O–H groups in total. The second-order valence-corrected chi connectivity index (χ2v) is 21.9. The second kappa shape index (κ2) is 56.6. The van der Waals surface area contributed by atoms with E-state index < -0.39 is 57.8 Å². The Hall–Kier alpha value is -2.56. The van der Waals surface area contributed by atoms with Crippen LogP contribution >= 0.6 is 7.82 Å². The summed E-state index contributed by atoms with van der Waals surface area (Å²) in [5.41, 5.74) is 0. The number of ether oxygens (including phenoxy) is 3. The number of allylic oxidation sites excluding steroid dienone is 8. The average molecular weight is 1070 g/mol. The number of aliphatic hydroxyl groups excluding tert-OH is 1. The fourth-order valence-electron chi connectivity index (χ4n) is 8.60. The molecule has 3 atom stereocenters. The van der Waals surface area contributed by atoms with Crippen LogP contribution in [-0.4, -0.2) is 66.5 Å². The van der Waals surface area contributed by atoms with Gasteiger partial charge in [-0.15, -0.1) is 0 Å². The summed E-state index contributed by atoms with van der Waals surface area (Å²) in [4.78, 5) is 48.6. The van der Waals surface area contributed by atoms with Crippen LogP contribution in [0.2, 0.25) is 0 Å². The Morgan fingerprint density at radius 1 is 0.392 bits per heavy atom. The number of hydrogen-bond acceptors (Lipinski definition) is 10. The lowest BCUT2D eigenvalue weighted by molar-refractivity contribution is -0.161. The minimum absolute atomic E-state index is 0.159. The maximum Gasteiger partial charge on any atom is 0.472 e. The molecule has 0 aliphatic carbocycles. The number of phosphoric acid groups is 1. The molecule has 0 aliphatic rings. The van der Waals surface area contributed by atoms with Crippen molar-refractivity contribution in [2.45, 2.75) is 303 Å². The summed E-state index contributed by atoms with van der Waals surface area (Å²) >= 11 is 0. The van der Waals surface area contributed by atoms with Crippen molar-refractivity contribution >= 4 is 25.7 Å². The van der Waals surface area contributed by atoms with E-state index in [9.17, 15) is 28.9 Å². The van der Waals surface area contributed by atoms with Crippen molar-refractivity contribution in [1.29, 1.82) is 0 Å². The largest absolute Gasteiger partial charge is 0.472 e. The van der Waals surface area contributed by atoms with Crippen LogP contribution in [0, 0.1) is 0 Å². The summed E-state index contributed by atoms with van der Waals surface area (Å²) in [7, 11) is -4.75. The minimum Gasteiger partial charge on any atom is -0.462 e. The van der Waals surface area contributed by atoms with Crippen LogP contribution in [0.4, 0.5) is 0 Å². The molecule has 0 aromatic heterocycles. The van der Waals surface area contributed by atoms with E-state index in [-0.39, 0.29) is 25.9 Å². The highest BCUT2D eigenvalue weighted by atomic mass is 31.2. The topological polar surface area (TPSA) is 155 Å². The molecule has 0 aliphatic heterocycles. The minimum atomic E-state index is -4.75. The lowest BCUT2D eigenvalue weighted by atomic mass is 10.0. The first-order valence-corrected chi connectivity index (χ1v) is 32.0. The molecule has 0 saturated heterocycles. The van der Waals surface area contributed by atoms with Crippen molar-refractivity contribution in [3.05, 3.63) is 48.6 Å². The van der Waals surface area contributed by atoms with Gasteiger partial charge in [-0.05, 0) is 77.0 Å². The summed E-state index contributed by atoms with van der Waals surface area (Å²) in [6.45, 7) is 4.55. The van der Waals surface area contributed by atoms with Gasteiger partial charge >= 0.3 is 25.7 Å². The number of esters is 3. The zero-order chi connectivity index (χ0) is 54.1. The highest BCUT2D eigenvalue weighted by molar-refractivity contribution is 7.47. The summed E-state index contributed by atoms with van der Waals surface area (Å²) in [6.07, 6.45) is 60.6. The lowest BCUT2D eigenvalue weighted by Crippen LogP contribution is -2.30. The first-order valence-electron chi connectivity index (χ1n) is 30.5. The summed E-state index contributed by atoms with van der Waals surface area (Å²) in [5.74, 6) is -1.47. The normalized spacial score (nSPS) is 13.6. The SMILES string of the molecule is CC/C=C\C/C=C\C/C=C\CCCCCCCC(=O)OC(CO)COP(=O)(O)OCC(COC(=O)CCCCCCCCCCCCCCC)OC(=O)CCCCCCCCCCC/C=C\CCCCCCCC. The molecule has 0 fully saturated rings. The highest BCUT2D eigenvalue weighted by Gasteiger charge is 2.28. The molecule has 11 nitrogen and oxygen atoms in total. The maximum atomic E-state index is 12.9. The molecule has 0 saturated carbocycles. The predicted octanol–water partition coefficient (Wildman–Crippen LogP) is 18.1. The van der Waals surface area contributed by atoms with E-state index in [4.69, 9.17) is 23.3 Å². The van der Waals surface area contributed by atoms with Crippen molar-refractivity contribution in [3.8, 4) is 0 Å². The van der Waals surface area contributed by atoms with Gasteiger partial charge in [-0.3, -0.25) is 23.4 Å². The Morgan fingerprint density at radius 3 is 1.09 bits per heavy atom. The van der Waals surface area contributed by atoms with Gasteiger partial charge in [0, 0.05) is 19.3 Å². The summed E-state index contributed by atoms with van der Waals surface area (Å²) in [6, 6.07) is 0. The molecule has 0 aromatic carbocycles. The Labute approximate surface area is 453 Å². The third-order valence-corrected chi connectivity index (χ3v) is 14.2. The third-order valence-electron chi connectivity index (χ3n) is 13.2. The maximum absolute atomic E-state index is 12.9. The molecular formula is C62H113O11P. The van der Waals surface area contributed by atoms with Gasteiger partial charge in [-0.1, -0.05) is 243 Å². The van der Waals surface area contributed by atoms with Gasteiger partial charge in [-0.2, -0.15) is 0 Å². The van der Waals surface area contributed by atoms with E-state index in [1.807, 2.05) is 0 Å². The van der Waals surface area contributed by atoms with E-state index >= 15 is 0 Å². The van der Waals surface area contributed by atoms with Gasteiger partial charge in [0.1, 0.15) is 12.7 Å². The van der Waals surface area contributed by atoms with Gasteiger partial charge in [0.15, 0.2) is 6.10 Å². The van der Waals surface area contributed by atoms with Crippen LogP contribution in [0.3, 0.4) is 0 Å². The van der Waals surface area contributed by atoms with Crippen molar-refractivity contribution in [2.75, 3.05) is 26.4 Å². The number of aliphatic hydroxyl groups is 1. The van der Waals surface area contributed by atoms with Crippen molar-refractivity contribution in [3.63, 3.8) is 0 Å². The van der Waals surface area contributed by atoms with E-state index in [2.05, 4.69) is 69.4 Å². The van der Waals surface area contributed by atoms with Gasteiger partial charge in [0.2, 0.25) is 0 Å². The molecule has 0 heterocycles. The van der Waals surface area contributed by atoms with Gasteiger partial charge in [0.25, 0.3) is 0 Å². The standard InChI is InChI=1S/C62H113O11P/c1-4-7-10-13-16-19-22-25-27-28-29-30-32-35-38-41-44-47-50-53-62(66)73-59(55-69-60(64)51-48-45-42-39-36-33-24-21-18-15-12-9-6-3)57-71-74(67,68)70-56-58(54-63)72-61(65)52-49-46-43-40-37-34-31-26-23-20-17-14-11-8-5-2/h8,11,17,20,25-27,31,58-59,63H,4-7,9-10,12-16,18-19,21-24,28-30,32-57H2,1-3H3,(H,67,68)/b11-8-,20-17-,27-25-,31-26-. The molecule has 74 heavy (non-hydrogen) atoms. The first-order chi connectivity index (χ1) is 36.2. The molecule has 0 amide bonds. The summed E-state index contributed by atoms with van der Waals surface area (Å²) in [5, 5.41) is 9.82. The lowest BCUT2D eigenvalue weighted by Gasteiger charge is -2.21. The molecule has 432 valence electrons. The molecule has 0 rings (SSSR count). The Bertz CT molecular complexity index is 1430. The van der Waals surface area contributed by atoms with Crippen LogP contribution in [0.15, 0.2) is 48.6 Å². The molecule has 0 aromatic rings. The summed E-state index contributed by atoms with van der Waals surface area (Å²) < 4.78 is 39.6. The number of carbonyl (C=O) groups excluding carboxylic acids is 3. The van der Waals surface area contributed by atoms with Crippen LogP contribution < -0.4 is 0 Å². The van der Waals surface area contributed by atoms with Gasteiger partial charge < -0.3 is 24.2 Å². The zero-order valence-electron chi connectivity index (χ0n) is 47.8. The molecule has 0 bridgehead atoms. The quantitative estimate of drug-likeness (QED) is 0.0197. The number of hydrogen-bond donors (Lipinski definition) is 2. The van der Waals surface area contributed by atoms with Gasteiger partial charge in [-0.25, -0.2) is 4.57 Å². The predicted molar refractivity (Wildman–Crippen MR) is 307 cm³/mol. The number of rotatable bonds is 57. The Morgan fingerprint density at radius 2 is 0.703 bits per heavy atom. The smallest absolute Gasteiger partial charge is 0.462 e. The van der Waals surface area contributed by atoms with E-state index in [0.29, 0.717) is 19.3 Å². The van der Waals surface area contributed by atoms with Crippen LogP contribution in [-0.2, 0) is 42.2 Å². The van der Waals surface area contributed by atoms with Crippen LogP contribution in [0.5, 0.6) is 0 Å². The average Bonchev–Trinajstić information content (AvgIpc) is 3.39. The first kappa shape index (κ1) is 71.4. The molecule has 0 radical (unpaired) electrons. The van der Waals surface area contributed by atoms with Crippen LogP contribution in [0.25, 0.3) is 0 Å². The zero-order valence-corrected chi connectivity index (χ0v) is 48.7. The van der Waals surface area contributed by atoms with E-state index in [1.54, 1.807) is 0 Å². The van der Waals surface area contributed by atoms with E-state index in [1.165, 1.54) is 141 Å².